The standard InChI is InChI=1S/C46H28/c1-3-11-29(12-4-1)34-24-20-32-22-26-39-40(27-23-33-21-25-38(34)43(32)44(33)39)46-37-18-10-9-17-36(37)42(31-14-5-2-6-15-31)41-28-19-30-13-7-8-16-35(30)45(41)46/h1-28H/i1D,3D,4D,11D,12D,20D,21D,22D,23D,24D,25D,26D,27D. The van der Waals surface area contributed by atoms with E-state index in [2.05, 4.69) is 0 Å². The predicted molar refractivity (Wildman–Crippen MR) is 199 cm³/mol. The quantitative estimate of drug-likeness (QED) is 0.141. The molecule has 0 amide bonds. The Kier molecular flexibility index (Phi) is 3.36. The van der Waals surface area contributed by atoms with Gasteiger partial charge in [0.1, 0.15) is 0 Å². The summed E-state index contributed by atoms with van der Waals surface area (Å²) in [6.45, 7) is 0. The Morgan fingerprint density at radius 2 is 0.891 bits per heavy atom. The maximum atomic E-state index is 9.79. The molecule has 0 radical (unpaired) electrons. The van der Waals surface area contributed by atoms with Gasteiger partial charge >= 0.3 is 0 Å². The SMILES string of the molecule is [2H]c1c([2H])c([2H])c(-c2c([2H])c([2H])c3c([2H])c([2H])c4c(-c5c6ccccc6c(-c6ccccc6)c6ccc7ccccc7c56)c([2H])c([2H])c5c([2H])c([2H])c2c3c54)c([2H])c1[2H]. The lowest BCUT2D eigenvalue weighted by molar-refractivity contribution is 1.66. The van der Waals surface area contributed by atoms with Crippen LogP contribution in [0.1, 0.15) is 17.8 Å². The Morgan fingerprint density at radius 1 is 0.304 bits per heavy atom. The highest BCUT2D eigenvalue weighted by atomic mass is 14.2. The zero-order valence-corrected chi connectivity index (χ0v) is 24.2. The Morgan fingerprint density at radius 3 is 1.63 bits per heavy atom. The molecule has 0 fully saturated rings. The average Bonchev–Trinajstić information content (AvgIpc) is 3.25. The van der Waals surface area contributed by atoms with Crippen molar-refractivity contribution in [3.63, 3.8) is 0 Å². The molecule has 10 rings (SSSR count). The first-order valence-corrected chi connectivity index (χ1v) is 15.0. The van der Waals surface area contributed by atoms with Gasteiger partial charge in [0.2, 0.25) is 0 Å². The molecule has 212 valence electrons. The van der Waals surface area contributed by atoms with E-state index in [-0.39, 0.29) is 49.5 Å². The van der Waals surface area contributed by atoms with Crippen LogP contribution in [0.4, 0.5) is 0 Å². The molecule has 0 aliphatic carbocycles. The molecule has 0 atom stereocenters. The molecule has 46 heavy (non-hydrogen) atoms. The van der Waals surface area contributed by atoms with E-state index in [0.29, 0.717) is 10.9 Å². The van der Waals surface area contributed by atoms with Crippen LogP contribution < -0.4 is 0 Å². The molecule has 0 aliphatic rings. The third-order valence-corrected chi connectivity index (χ3v) is 8.98. The van der Waals surface area contributed by atoms with Crippen LogP contribution in [0.5, 0.6) is 0 Å². The number of fused-ring (bicyclic) bond motifs is 4. The number of hydrogen-bond donors (Lipinski definition) is 0. The summed E-state index contributed by atoms with van der Waals surface area (Å²) in [6.07, 6.45) is 0. The van der Waals surface area contributed by atoms with Gasteiger partial charge in [0.25, 0.3) is 0 Å². The minimum Gasteiger partial charge on any atom is -0.0622 e. The highest BCUT2D eigenvalue weighted by Gasteiger charge is 2.21. The number of benzene rings is 10. The van der Waals surface area contributed by atoms with Gasteiger partial charge in [-0.05, 0) is 98.0 Å². The summed E-state index contributed by atoms with van der Waals surface area (Å²) >= 11 is 0. The molecule has 10 aromatic rings. The van der Waals surface area contributed by atoms with Gasteiger partial charge in [-0.1, -0.05) is 170 Å². The van der Waals surface area contributed by atoms with Crippen molar-refractivity contribution in [1.29, 1.82) is 0 Å². The molecule has 0 saturated carbocycles. The van der Waals surface area contributed by atoms with Crippen LogP contribution in [0.25, 0.3) is 98.0 Å². The highest BCUT2D eigenvalue weighted by molar-refractivity contribution is 6.33. The van der Waals surface area contributed by atoms with Crippen LogP contribution in [0.2, 0.25) is 0 Å². The fraction of sp³-hybridized carbons (Fsp3) is 0. The molecule has 0 saturated heterocycles. The number of rotatable bonds is 3. The molecule has 0 aromatic heterocycles. The maximum Gasteiger partial charge on any atom is 0.0630 e. The van der Waals surface area contributed by atoms with E-state index in [1.165, 1.54) is 0 Å². The molecular weight excluding hydrogens is 553 g/mol. The summed E-state index contributed by atoms with van der Waals surface area (Å²) in [7, 11) is 0. The van der Waals surface area contributed by atoms with E-state index >= 15 is 0 Å². The minimum absolute atomic E-state index is 0.0195. The lowest BCUT2D eigenvalue weighted by atomic mass is 9.81. The van der Waals surface area contributed by atoms with Gasteiger partial charge in [-0.25, -0.2) is 0 Å². The molecule has 0 spiro atoms. The molecule has 0 aliphatic heterocycles. The Balaban J connectivity index is 1.52. The maximum absolute atomic E-state index is 9.79. The van der Waals surface area contributed by atoms with Gasteiger partial charge in [-0.3, -0.25) is 0 Å². The lowest BCUT2D eigenvalue weighted by Crippen LogP contribution is -1.94. The molecule has 0 bridgehead atoms. The third kappa shape index (κ3) is 3.56. The van der Waals surface area contributed by atoms with Gasteiger partial charge in [-0.2, -0.15) is 0 Å². The van der Waals surface area contributed by atoms with Crippen molar-refractivity contribution in [2.24, 2.45) is 0 Å². The van der Waals surface area contributed by atoms with Crippen LogP contribution in [0.3, 0.4) is 0 Å². The summed E-state index contributed by atoms with van der Waals surface area (Å²) in [5.41, 5.74) is 1.76. The van der Waals surface area contributed by atoms with E-state index in [1.807, 2.05) is 91.0 Å². The molecule has 0 heterocycles. The molecular formula is C46H28. The van der Waals surface area contributed by atoms with Crippen molar-refractivity contribution in [3.8, 4) is 33.4 Å². The lowest BCUT2D eigenvalue weighted by Gasteiger charge is -2.21. The van der Waals surface area contributed by atoms with Crippen molar-refractivity contribution in [2.45, 2.75) is 0 Å². The summed E-state index contributed by atoms with van der Waals surface area (Å²) in [5, 5.41) is 4.33. The van der Waals surface area contributed by atoms with Crippen LogP contribution >= 0.6 is 0 Å². The van der Waals surface area contributed by atoms with E-state index < -0.39 is 78.1 Å². The summed E-state index contributed by atoms with van der Waals surface area (Å²) in [5.74, 6) is 0. The second-order valence-electron chi connectivity index (χ2n) is 11.4. The molecule has 10 aromatic carbocycles. The molecule has 0 nitrogen and oxygen atoms in total. The fourth-order valence-corrected chi connectivity index (χ4v) is 7.06. The van der Waals surface area contributed by atoms with Crippen LogP contribution in [0.15, 0.2) is 170 Å². The largest absolute Gasteiger partial charge is 0.0630 e. The third-order valence-electron chi connectivity index (χ3n) is 8.98. The van der Waals surface area contributed by atoms with Crippen LogP contribution in [-0.4, -0.2) is 0 Å². The van der Waals surface area contributed by atoms with E-state index in [9.17, 15) is 11.0 Å². The van der Waals surface area contributed by atoms with Gasteiger partial charge < -0.3 is 0 Å². The van der Waals surface area contributed by atoms with Gasteiger partial charge in [0.15, 0.2) is 0 Å². The number of hydrogen-bond acceptors (Lipinski definition) is 0. The smallest absolute Gasteiger partial charge is 0.0622 e. The van der Waals surface area contributed by atoms with E-state index in [0.717, 1.165) is 38.1 Å². The van der Waals surface area contributed by atoms with Crippen molar-refractivity contribution in [3.05, 3.63) is 170 Å². The van der Waals surface area contributed by atoms with Crippen molar-refractivity contribution < 1.29 is 17.8 Å². The fourth-order valence-electron chi connectivity index (χ4n) is 7.06. The zero-order valence-electron chi connectivity index (χ0n) is 37.2. The van der Waals surface area contributed by atoms with Gasteiger partial charge in [0, 0.05) is 0 Å². The monoisotopic (exact) mass is 593 g/mol. The second-order valence-corrected chi connectivity index (χ2v) is 11.4. The Hall–Kier alpha value is -5.98. The normalized spacial score (nSPS) is 15.9. The van der Waals surface area contributed by atoms with Crippen molar-refractivity contribution in [1.82, 2.24) is 0 Å². The van der Waals surface area contributed by atoms with E-state index in [1.54, 1.807) is 0 Å². The zero-order chi connectivity index (χ0) is 41.5. The second kappa shape index (κ2) is 9.76. The van der Waals surface area contributed by atoms with Gasteiger partial charge in [-0.15, -0.1) is 0 Å². The molecule has 0 heteroatoms. The summed E-state index contributed by atoms with van der Waals surface area (Å²) < 4.78 is 118. The summed E-state index contributed by atoms with van der Waals surface area (Å²) in [6, 6.07) is 22.1. The van der Waals surface area contributed by atoms with Crippen LogP contribution in [0, 0.1) is 0 Å². The minimum atomic E-state index is -0.690. The Labute approximate surface area is 285 Å². The Bertz CT molecular complexity index is 3490. The van der Waals surface area contributed by atoms with E-state index in [4.69, 9.17) is 6.85 Å². The average molecular weight is 594 g/mol. The van der Waals surface area contributed by atoms with Crippen LogP contribution in [-0.2, 0) is 0 Å². The first-order valence-electron chi connectivity index (χ1n) is 21.5. The molecule has 0 N–H and O–H groups in total. The molecule has 0 unspecified atom stereocenters. The predicted octanol–water partition coefficient (Wildman–Crippen LogP) is 13.0. The van der Waals surface area contributed by atoms with Crippen molar-refractivity contribution in [2.75, 3.05) is 0 Å². The van der Waals surface area contributed by atoms with Gasteiger partial charge in [0.05, 0.1) is 17.8 Å². The topological polar surface area (TPSA) is 0 Å². The van der Waals surface area contributed by atoms with Crippen molar-refractivity contribution >= 4 is 64.6 Å². The first-order chi connectivity index (χ1) is 28.3. The highest BCUT2D eigenvalue weighted by Crippen LogP contribution is 2.49. The first kappa shape index (κ1) is 15.8. The summed E-state index contributed by atoms with van der Waals surface area (Å²) in [4.78, 5) is 0.